The molecule has 0 bridgehead atoms. The van der Waals surface area contributed by atoms with Crippen molar-refractivity contribution in [3.8, 4) is 0 Å². The minimum absolute atomic E-state index is 0.186. The molecule has 136 valence electrons. The third-order valence-corrected chi connectivity index (χ3v) is 5.03. The van der Waals surface area contributed by atoms with Gasteiger partial charge in [0.05, 0.1) is 0 Å². The number of benzene rings is 2. The Hall–Kier alpha value is -2.62. The van der Waals surface area contributed by atoms with Crippen LogP contribution in [0.3, 0.4) is 0 Å². The molecule has 2 N–H and O–H groups in total. The molecule has 4 heteroatoms. The number of amides is 2. The van der Waals surface area contributed by atoms with Crippen LogP contribution in [0.1, 0.15) is 49.3 Å². The first kappa shape index (κ1) is 18.2. The molecule has 1 aliphatic carbocycles. The van der Waals surface area contributed by atoms with E-state index in [2.05, 4.69) is 24.5 Å². The standard InChI is InChI=1S/C22H26N2O2/c1-15(2)18-8-10-19(11-9-18)24-21(26)22(12-13-22)20(25)23-14-17-6-4-16(3)5-7-17/h4-11,15H,12-14H2,1-3H3,(H,23,25)(H,24,26). The van der Waals surface area contributed by atoms with Gasteiger partial charge in [-0.15, -0.1) is 0 Å². The van der Waals surface area contributed by atoms with Crippen LogP contribution in [-0.2, 0) is 16.1 Å². The van der Waals surface area contributed by atoms with Crippen LogP contribution in [-0.4, -0.2) is 11.8 Å². The van der Waals surface area contributed by atoms with E-state index in [4.69, 9.17) is 0 Å². The highest BCUT2D eigenvalue weighted by molar-refractivity contribution is 6.13. The van der Waals surface area contributed by atoms with Crippen LogP contribution < -0.4 is 10.6 Å². The second kappa shape index (κ2) is 7.32. The molecule has 26 heavy (non-hydrogen) atoms. The van der Waals surface area contributed by atoms with Crippen molar-refractivity contribution in [3.05, 3.63) is 65.2 Å². The summed E-state index contributed by atoms with van der Waals surface area (Å²) in [5.41, 5.74) is 3.25. The summed E-state index contributed by atoms with van der Waals surface area (Å²) in [5.74, 6) is 0.0488. The summed E-state index contributed by atoms with van der Waals surface area (Å²) >= 11 is 0. The van der Waals surface area contributed by atoms with Crippen LogP contribution in [0, 0.1) is 12.3 Å². The average Bonchev–Trinajstić information content (AvgIpc) is 3.43. The van der Waals surface area contributed by atoms with E-state index in [9.17, 15) is 9.59 Å². The maximum atomic E-state index is 12.6. The maximum absolute atomic E-state index is 12.6. The molecule has 0 spiro atoms. The average molecular weight is 350 g/mol. The van der Waals surface area contributed by atoms with Gasteiger partial charge in [-0.3, -0.25) is 9.59 Å². The molecule has 4 nitrogen and oxygen atoms in total. The van der Waals surface area contributed by atoms with Crippen molar-refractivity contribution in [2.75, 3.05) is 5.32 Å². The summed E-state index contributed by atoms with van der Waals surface area (Å²) < 4.78 is 0. The zero-order chi connectivity index (χ0) is 18.7. The third kappa shape index (κ3) is 3.96. The van der Waals surface area contributed by atoms with Crippen molar-refractivity contribution in [1.82, 2.24) is 5.32 Å². The minimum atomic E-state index is -0.915. The van der Waals surface area contributed by atoms with E-state index >= 15 is 0 Å². The lowest BCUT2D eigenvalue weighted by molar-refractivity contribution is -0.134. The van der Waals surface area contributed by atoms with Crippen LogP contribution >= 0.6 is 0 Å². The Labute approximate surface area is 155 Å². The number of nitrogens with one attached hydrogen (secondary N) is 2. The van der Waals surface area contributed by atoms with Crippen molar-refractivity contribution in [1.29, 1.82) is 0 Å². The van der Waals surface area contributed by atoms with Gasteiger partial charge in [0.1, 0.15) is 5.41 Å². The fourth-order valence-corrected chi connectivity index (χ4v) is 2.94. The zero-order valence-corrected chi connectivity index (χ0v) is 15.6. The first-order valence-corrected chi connectivity index (χ1v) is 9.16. The highest BCUT2D eigenvalue weighted by Gasteiger charge is 2.56. The maximum Gasteiger partial charge on any atom is 0.240 e. The molecule has 1 aliphatic rings. The third-order valence-electron chi connectivity index (χ3n) is 5.03. The van der Waals surface area contributed by atoms with Gasteiger partial charge in [0.2, 0.25) is 11.8 Å². The number of carbonyl (C=O) groups excluding carboxylic acids is 2. The normalized spacial score (nSPS) is 14.8. The van der Waals surface area contributed by atoms with Crippen LogP contribution in [0.15, 0.2) is 48.5 Å². The Balaban J connectivity index is 1.59. The predicted molar refractivity (Wildman–Crippen MR) is 104 cm³/mol. The van der Waals surface area contributed by atoms with E-state index in [1.54, 1.807) is 0 Å². The summed E-state index contributed by atoms with van der Waals surface area (Å²) in [7, 11) is 0. The van der Waals surface area contributed by atoms with Gasteiger partial charge in [-0.25, -0.2) is 0 Å². The number of hydrogen-bond acceptors (Lipinski definition) is 2. The molecule has 2 amide bonds. The van der Waals surface area contributed by atoms with E-state index < -0.39 is 5.41 Å². The topological polar surface area (TPSA) is 58.2 Å². The Morgan fingerprint density at radius 1 is 0.962 bits per heavy atom. The molecular formula is C22H26N2O2. The fourth-order valence-electron chi connectivity index (χ4n) is 2.94. The molecule has 0 aromatic heterocycles. The second-order valence-electron chi connectivity index (χ2n) is 7.48. The van der Waals surface area contributed by atoms with Crippen molar-refractivity contribution < 1.29 is 9.59 Å². The van der Waals surface area contributed by atoms with Crippen molar-refractivity contribution in [2.45, 2.75) is 46.1 Å². The predicted octanol–water partition coefficient (Wildman–Crippen LogP) is 4.15. The molecule has 0 atom stereocenters. The van der Waals surface area contributed by atoms with Crippen LogP contribution in [0.5, 0.6) is 0 Å². The molecule has 3 rings (SSSR count). The minimum Gasteiger partial charge on any atom is -0.351 e. The molecule has 0 saturated heterocycles. The Morgan fingerprint density at radius 3 is 2.12 bits per heavy atom. The molecule has 2 aromatic rings. The van der Waals surface area contributed by atoms with Crippen LogP contribution in [0.4, 0.5) is 5.69 Å². The summed E-state index contributed by atoms with van der Waals surface area (Å²) in [4.78, 5) is 25.2. The molecule has 0 unspecified atom stereocenters. The van der Waals surface area contributed by atoms with Gasteiger partial charge in [-0.05, 0) is 48.9 Å². The van der Waals surface area contributed by atoms with E-state index in [0.717, 1.165) is 11.3 Å². The van der Waals surface area contributed by atoms with Gasteiger partial charge in [-0.1, -0.05) is 55.8 Å². The van der Waals surface area contributed by atoms with Gasteiger partial charge in [0, 0.05) is 12.2 Å². The van der Waals surface area contributed by atoms with Crippen molar-refractivity contribution >= 4 is 17.5 Å². The SMILES string of the molecule is Cc1ccc(CNC(=O)C2(C(=O)Nc3ccc(C(C)C)cc3)CC2)cc1. The summed E-state index contributed by atoms with van der Waals surface area (Å²) in [5, 5.41) is 5.81. The van der Waals surface area contributed by atoms with Gasteiger partial charge >= 0.3 is 0 Å². The summed E-state index contributed by atoms with van der Waals surface area (Å²) in [6, 6.07) is 15.8. The van der Waals surface area contributed by atoms with E-state index in [1.807, 2.05) is 55.5 Å². The first-order chi connectivity index (χ1) is 12.4. The quantitative estimate of drug-likeness (QED) is 0.769. The molecule has 2 aromatic carbocycles. The molecule has 0 aliphatic heterocycles. The number of carbonyl (C=O) groups is 2. The summed E-state index contributed by atoms with van der Waals surface area (Å²) in [6.45, 7) is 6.73. The van der Waals surface area contributed by atoms with E-state index in [0.29, 0.717) is 25.3 Å². The largest absolute Gasteiger partial charge is 0.351 e. The molecule has 1 saturated carbocycles. The van der Waals surface area contributed by atoms with Crippen molar-refractivity contribution in [3.63, 3.8) is 0 Å². The molecular weight excluding hydrogens is 324 g/mol. The Bertz CT molecular complexity index is 788. The Morgan fingerprint density at radius 2 is 1.58 bits per heavy atom. The monoisotopic (exact) mass is 350 g/mol. The molecule has 0 heterocycles. The van der Waals surface area contributed by atoms with Crippen LogP contribution in [0.25, 0.3) is 0 Å². The van der Waals surface area contributed by atoms with Gasteiger partial charge in [0.15, 0.2) is 0 Å². The molecule has 1 fully saturated rings. The smallest absolute Gasteiger partial charge is 0.240 e. The number of anilines is 1. The number of rotatable bonds is 6. The number of aryl methyl sites for hydroxylation is 1. The van der Waals surface area contributed by atoms with Crippen LogP contribution in [0.2, 0.25) is 0 Å². The lowest BCUT2D eigenvalue weighted by Gasteiger charge is -2.16. The lowest BCUT2D eigenvalue weighted by atomic mass is 10.0. The van der Waals surface area contributed by atoms with Gasteiger partial charge < -0.3 is 10.6 Å². The zero-order valence-electron chi connectivity index (χ0n) is 15.6. The Kier molecular flexibility index (Phi) is 5.12. The van der Waals surface area contributed by atoms with Gasteiger partial charge in [0.25, 0.3) is 0 Å². The number of hydrogen-bond donors (Lipinski definition) is 2. The first-order valence-electron chi connectivity index (χ1n) is 9.16. The molecule has 0 radical (unpaired) electrons. The highest BCUT2D eigenvalue weighted by atomic mass is 16.2. The van der Waals surface area contributed by atoms with E-state index in [-0.39, 0.29) is 11.8 Å². The highest BCUT2D eigenvalue weighted by Crippen LogP contribution is 2.47. The second-order valence-corrected chi connectivity index (χ2v) is 7.48. The summed E-state index contributed by atoms with van der Waals surface area (Å²) in [6.07, 6.45) is 1.20. The fraction of sp³-hybridized carbons (Fsp3) is 0.364. The van der Waals surface area contributed by atoms with Gasteiger partial charge in [-0.2, -0.15) is 0 Å². The lowest BCUT2D eigenvalue weighted by Crippen LogP contribution is -2.39. The van der Waals surface area contributed by atoms with Crippen molar-refractivity contribution in [2.24, 2.45) is 5.41 Å². The van der Waals surface area contributed by atoms with E-state index in [1.165, 1.54) is 11.1 Å².